The highest BCUT2D eigenvalue weighted by molar-refractivity contribution is 7.95. The fraction of sp³-hybridized carbons (Fsp3) is 0.381. The van der Waals surface area contributed by atoms with Crippen molar-refractivity contribution in [2.24, 2.45) is 0 Å². The van der Waals surface area contributed by atoms with Gasteiger partial charge in [-0.3, -0.25) is 4.79 Å². The molecule has 0 aliphatic carbocycles. The van der Waals surface area contributed by atoms with Gasteiger partial charge in [-0.05, 0) is 48.5 Å². The summed E-state index contributed by atoms with van der Waals surface area (Å²) < 4.78 is 51.5. The molecule has 0 aromatic heterocycles. The van der Waals surface area contributed by atoms with Gasteiger partial charge in [0, 0.05) is 38.2 Å². The molecule has 1 amide bonds. The average molecular weight is 434 g/mol. The van der Waals surface area contributed by atoms with Crippen LogP contribution in [0.1, 0.15) is 12.8 Å². The summed E-state index contributed by atoms with van der Waals surface area (Å²) >= 11 is 0. The van der Waals surface area contributed by atoms with Gasteiger partial charge < -0.3 is 18.9 Å². The lowest BCUT2D eigenvalue weighted by atomic mass is 9.89. The van der Waals surface area contributed by atoms with Gasteiger partial charge in [-0.25, -0.2) is 4.39 Å². The number of carbonyl (C=O) groups is 1. The summed E-state index contributed by atoms with van der Waals surface area (Å²) in [4.78, 5) is 15.0. The molecule has 1 unspecified atom stereocenters. The van der Waals surface area contributed by atoms with E-state index >= 15 is 0 Å². The lowest BCUT2D eigenvalue weighted by Crippen LogP contribution is -2.61. The number of benzene rings is 2. The van der Waals surface area contributed by atoms with E-state index in [9.17, 15) is 17.9 Å². The van der Waals surface area contributed by atoms with E-state index < -0.39 is 16.0 Å². The Kier molecular flexibility index (Phi) is 5.63. The standard InChI is InChI=1S/C21H23FN2O5S/c1-28-18-6-8-19(9-7-18)30(26,27)23-12-10-21(11-13-23)20(25)24(14-15-29-21)17-4-2-16(22)3-5-17/h2-9H,10-15H2,1H3. The number of sulfonamides is 1. The van der Waals surface area contributed by atoms with E-state index in [1.807, 2.05) is 0 Å². The zero-order valence-corrected chi connectivity index (χ0v) is 17.4. The van der Waals surface area contributed by atoms with Crippen molar-refractivity contribution in [3.05, 3.63) is 54.3 Å². The number of halogens is 1. The van der Waals surface area contributed by atoms with Crippen LogP contribution in [0, 0.1) is 5.82 Å². The highest BCUT2D eigenvalue weighted by Gasteiger charge is 2.50. The van der Waals surface area contributed by atoms with Crippen LogP contribution in [0.25, 0.3) is 0 Å². The molecule has 1 spiro atoms. The number of ether oxygens (including phenoxy) is 2. The molecule has 9 heteroatoms. The zero-order chi connectivity index (χ0) is 21.4. The lowest BCUT2D eigenvalue weighted by molar-refractivity contribution is -0.156. The number of hydrogen-bond acceptors (Lipinski definition) is 5. The number of piperidine rings is 1. The Morgan fingerprint density at radius 3 is 2.30 bits per heavy atom. The number of methoxy groups -OCH3 is 1. The molecule has 2 saturated heterocycles. The third-order valence-corrected chi connectivity index (χ3v) is 7.61. The Balaban J connectivity index is 1.49. The highest BCUT2D eigenvalue weighted by atomic mass is 32.3. The maximum Gasteiger partial charge on any atom is 0.259 e. The molecule has 2 aromatic carbocycles. The molecule has 2 aliphatic heterocycles. The Morgan fingerprint density at radius 2 is 1.70 bits per heavy atom. The Hall–Kier alpha value is -2.33. The summed E-state index contributed by atoms with van der Waals surface area (Å²) in [5.41, 5.74) is -0.448. The second kappa shape index (κ2) is 8.07. The largest absolute Gasteiger partial charge is 0.593 e. The van der Waals surface area contributed by atoms with Gasteiger partial charge in [0.1, 0.15) is 17.2 Å². The molecule has 4 rings (SSSR count). The number of amides is 1. The fourth-order valence-corrected chi connectivity index (χ4v) is 5.39. The number of carbonyl (C=O) groups excluding carboxylic acids is 1. The van der Waals surface area contributed by atoms with Crippen molar-refractivity contribution < 1.29 is 27.4 Å². The molecule has 2 fully saturated rings. The van der Waals surface area contributed by atoms with Crippen LogP contribution in [0.2, 0.25) is 0 Å². The number of hydrogen-bond donors (Lipinski definition) is 0. The van der Waals surface area contributed by atoms with Gasteiger partial charge in [0.05, 0.1) is 13.7 Å². The summed E-state index contributed by atoms with van der Waals surface area (Å²) in [6, 6.07) is 12.0. The summed E-state index contributed by atoms with van der Waals surface area (Å²) in [6.07, 6.45) is 0.526. The van der Waals surface area contributed by atoms with Crippen molar-refractivity contribution in [1.29, 1.82) is 0 Å². The Bertz CT molecular complexity index is 958. The summed E-state index contributed by atoms with van der Waals surface area (Å²) in [5, 5.41) is 0. The first kappa shape index (κ1) is 20.9. The SMILES string of the molecule is COc1ccc([S+](=O)([O-])N2CCC3(CC2)OCCN(c2ccc(F)cc2)C3=O)cc1. The lowest BCUT2D eigenvalue weighted by Gasteiger charge is -2.45. The molecule has 0 bridgehead atoms. The van der Waals surface area contributed by atoms with Crippen molar-refractivity contribution in [3.8, 4) is 5.75 Å². The van der Waals surface area contributed by atoms with E-state index in [1.54, 1.807) is 29.2 Å². The minimum Gasteiger partial charge on any atom is -0.593 e. The van der Waals surface area contributed by atoms with E-state index in [-0.39, 0.29) is 42.6 Å². The number of anilines is 1. The molecule has 1 atom stereocenters. The Morgan fingerprint density at radius 1 is 1.07 bits per heavy atom. The summed E-state index contributed by atoms with van der Waals surface area (Å²) in [5.74, 6) is 0.00158. The van der Waals surface area contributed by atoms with Gasteiger partial charge in [0.15, 0.2) is 15.3 Å². The molecule has 2 aliphatic rings. The van der Waals surface area contributed by atoms with E-state index in [2.05, 4.69) is 0 Å². The predicted octanol–water partition coefficient (Wildman–Crippen LogP) is 2.64. The van der Waals surface area contributed by atoms with Gasteiger partial charge in [-0.2, -0.15) is 0 Å². The third-order valence-electron chi connectivity index (χ3n) is 5.69. The fourth-order valence-electron chi connectivity index (χ4n) is 3.95. The van der Waals surface area contributed by atoms with Crippen molar-refractivity contribution in [1.82, 2.24) is 4.31 Å². The maximum absolute atomic E-state index is 13.2. The van der Waals surface area contributed by atoms with Crippen LogP contribution in [0.5, 0.6) is 5.75 Å². The maximum atomic E-state index is 13.2. The first-order valence-corrected chi connectivity index (χ1v) is 11.2. The van der Waals surface area contributed by atoms with Gasteiger partial charge in [-0.15, -0.1) is 4.31 Å². The molecule has 0 radical (unpaired) electrons. The molecule has 160 valence electrons. The van der Waals surface area contributed by atoms with Crippen molar-refractivity contribution >= 4 is 22.0 Å². The van der Waals surface area contributed by atoms with Gasteiger partial charge >= 0.3 is 0 Å². The van der Waals surface area contributed by atoms with Crippen molar-refractivity contribution in [2.75, 3.05) is 38.3 Å². The number of nitrogens with zero attached hydrogens (tertiary/aromatic N) is 2. The molecule has 2 aromatic rings. The molecule has 0 N–H and O–H groups in total. The minimum absolute atomic E-state index is 0.178. The predicted molar refractivity (Wildman–Crippen MR) is 108 cm³/mol. The van der Waals surface area contributed by atoms with Crippen LogP contribution in [0.3, 0.4) is 0 Å². The molecule has 7 nitrogen and oxygen atoms in total. The van der Waals surface area contributed by atoms with Gasteiger partial charge in [-0.1, -0.05) is 4.21 Å². The second-order valence-corrected chi connectivity index (χ2v) is 9.29. The topological polar surface area (TPSA) is 82.1 Å². The van der Waals surface area contributed by atoms with E-state index in [4.69, 9.17) is 9.47 Å². The first-order valence-electron chi connectivity index (χ1n) is 9.71. The van der Waals surface area contributed by atoms with Crippen LogP contribution in [-0.4, -0.2) is 53.7 Å². The monoisotopic (exact) mass is 434 g/mol. The minimum atomic E-state index is -3.67. The molecular weight excluding hydrogens is 411 g/mol. The third kappa shape index (κ3) is 3.74. The van der Waals surface area contributed by atoms with Crippen molar-refractivity contribution in [2.45, 2.75) is 23.3 Å². The van der Waals surface area contributed by atoms with E-state index in [0.717, 1.165) is 0 Å². The summed E-state index contributed by atoms with van der Waals surface area (Å²) in [7, 11) is -2.16. The van der Waals surface area contributed by atoms with Crippen LogP contribution >= 0.6 is 0 Å². The Labute approximate surface area is 175 Å². The number of morpholine rings is 1. The quantitative estimate of drug-likeness (QED) is 0.691. The smallest absolute Gasteiger partial charge is 0.259 e. The second-order valence-electron chi connectivity index (χ2n) is 7.36. The molecule has 30 heavy (non-hydrogen) atoms. The average Bonchev–Trinajstić information content (AvgIpc) is 2.77. The molecule has 0 saturated carbocycles. The first-order chi connectivity index (χ1) is 14.4. The molecular formula is C21H23FN2O5S. The van der Waals surface area contributed by atoms with Crippen LogP contribution in [-0.2, 0) is 24.1 Å². The normalized spacial score (nSPS) is 21.4. The highest BCUT2D eigenvalue weighted by Crippen LogP contribution is 2.36. The number of rotatable bonds is 4. The van der Waals surface area contributed by atoms with E-state index in [1.165, 1.54) is 35.7 Å². The van der Waals surface area contributed by atoms with Crippen molar-refractivity contribution in [3.63, 3.8) is 0 Å². The zero-order valence-electron chi connectivity index (χ0n) is 16.6. The van der Waals surface area contributed by atoms with Gasteiger partial charge in [0.2, 0.25) is 0 Å². The molecule has 2 heterocycles. The van der Waals surface area contributed by atoms with Gasteiger partial charge in [0.25, 0.3) is 5.91 Å². The van der Waals surface area contributed by atoms with E-state index in [0.29, 0.717) is 24.6 Å². The summed E-state index contributed by atoms with van der Waals surface area (Å²) in [6.45, 7) is 1.07. The van der Waals surface area contributed by atoms with Crippen LogP contribution in [0.15, 0.2) is 53.4 Å². The van der Waals surface area contributed by atoms with Crippen LogP contribution in [0.4, 0.5) is 10.1 Å². The van der Waals surface area contributed by atoms with Crippen LogP contribution < -0.4 is 9.64 Å².